The van der Waals surface area contributed by atoms with Gasteiger partial charge in [0.15, 0.2) is 5.78 Å². The molecule has 1 amide bonds. The molecule has 0 radical (unpaired) electrons. The molecule has 3 atom stereocenters. The Morgan fingerprint density at radius 2 is 1.87 bits per heavy atom. The van der Waals surface area contributed by atoms with Crippen molar-refractivity contribution in [1.82, 2.24) is 24.2 Å². The first-order valence-corrected chi connectivity index (χ1v) is 18.3. The molecule has 1 aromatic carbocycles. The van der Waals surface area contributed by atoms with E-state index in [-0.39, 0.29) is 23.7 Å². The lowest BCUT2D eigenvalue weighted by Gasteiger charge is -2.34. The Kier molecular flexibility index (Phi) is 17.7. The van der Waals surface area contributed by atoms with Crippen LogP contribution in [0.15, 0.2) is 79.7 Å². The molecule has 2 aromatic heterocycles. The van der Waals surface area contributed by atoms with Gasteiger partial charge in [-0.1, -0.05) is 63.6 Å². The first-order valence-electron chi connectivity index (χ1n) is 18.3. The molecule has 3 heterocycles. The molecule has 4 rings (SSSR count). The van der Waals surface area contributed by atoms with E-state index < -0.39 is 0 Å². The summed E-state index contributed by atoms with van der Waals surface area (Å²) in [6.45, 7) is 25.9. The molecule has 3 unspecified atom stereocenters. The minimum absolute atomic E-state index is 0.0403. The quantitative estimate of drug-likeness (QED) is 0.104. The van der Waals surface area contributed by atoms with Gasteiger partial charge in [-0.3, -0.25) is 18.9 Å². The summed E-state index contributed by atoms with van der Waals surface area (Å²) in [6, 6.07) is 5.71. The molecular weight excluding hydrogens is 651 g/mol. The van der Waals surface area contributed by atoms with Gasteiger partial charge in [-0.15, -0.1) is 13.2 Å². The van der Waals surface area contributed by atoms with Crippen LogP contribution in [0.2, 0.25) is 0 Å². The fourth-order valence-electron chi connectivity index (χ4n) is 5.66. The van der Waals surface area contributed by atoms with E-state index in [1.165, 1.54) is 12.5 Å². The smallest absolute Gasteiger partial charge is 0.236 e. The number of ether oxygens (including phenoxy) is 1. The molecule has 1 aliphatic rings. The number of allylic oxidation sites excluding steroid dienone is 3. The number of fused-ring (bicyclic) bond motifs is 1. The van der Waals surface area contributed by atoms with Crippen molar-refractivity contribution in [2.45, 2.75) is 92.2 Å². The predicted molar refractivity (Wildman–Crippen MR) is 217 cm³/mol. The van der Waals surface area contributed by atoms with Crippen molar-refractivity contribution >= 4 is 23.0 Å². The summed E-state index contributed by atoms with van der Waals surface area (Å²) in [5.74, 6) is 2.52. The zero-order chi connectivity index (χ0) is 39.1. The van der Waals surface area contributed by atoms with Gasteiger partial charge in [0.05, 0.1) is 13.7 Å². The lowest BCUT2D eigenvalue weighted by molar-refractivity contribution is -0.133. The monoisotopic (exact) mass is 713 g/mol. The Morgan fingerprint density at radius 3 is 2.44 bits per heavy atom. The van der Waals surface area contributed by atoms with Crippen LogP contribution < -0.4 is 16.2 Å². The van der Waals surface area contributed by atoms with Gasteiger partial charge in [-0.2, -0.15) is 0 Å². The van der Waals surface area contributed by atoms with Crippen LogP contribution in [0.5, 0.6) is 5.75 Å². The van der Waals surface area contributed by atoms with E-state index in [9.17, 15) is 9.59 Å². The third-order valence-corrected chi connectivity index (χ3v) is 9.49. The molecule has 0 aliphatic carbocycles. The topological polar surface area (TPSA) is 132 Å². The van der Waals surface area contributed by atoms with E-state index in [4.69, 9.17) is 21.2 Å². The molecule has 1 fully saturated rings. The second kappa shape index (κ2) is 21.1. The summed E-state index contributed by atoms with van der Waals surface area (Å²) < 4.78 is 7.60. The van der Waals surface area contributed by atoms with Crippen molar-refractivity contribution in [3.63, 3.8) is 0 Å². The standard InChI is InChI=1S/C26H34N6O3.C14H25N.C2H4/c1-16(2)30(4)15-22(34)31-11-6-7-19(14-31)26-29-23(24-25(27)28-10-12-32(24)26)20-9-8-18(17(3)33)13-21(20)35-5;1-6-11(3)8-9-14(13(5)15)10-12(4)7-2;1-2/h8-10,12-13,16,19H,6-7,11,14-15H2,1-5H3,(H2,27,28);8-11,13H,4,6-7,15H2,1-3,5H3;1-2H2/b;9-8-,14-10+;. The number of piperidine rings is 1. The van der Waals surface area contributed by atoms with Crippen molar-refractivity contribution in [1.29, 1.82) is 0 Å². The van der Waals surface area contributed by atoms with Crippen LogP contribution >= 0.6 is 0 Å². The number of imidazole rings is 1. The molecule has 10 heteroatoms. The highest BCUT2D eigenvalue weighted by Gasteiger charge is 2.30. The normalized spacial score (nSPS) is 15.9. The maximum absolute atomic E-state index is 13.0. The number of carbonyl (C=O) groups excluding carboxylic acids is 2. The molecule has 4 N–H and O–H groups in total. The van der Waals surface area contributed by atoms with Crippen molar-refractivity contribution in [2.24, 2.45) is 11.7 Å². The van der Waals surface area contributed by atoms with Crippen LogP contribution in [0, 0.1) is 5.92 Å². The van der Waals surface area contributed by atoms with Crippen LogP contribution in [0.25, 0.3) is 16.8 Å². The number of likely N-dealkylation sites (N-methyl/N-ethyl adjacent to an activating group) is 1. The summed E-state index contributed by atoms with van der Waals surface area (Å²) in [5, 5.41) is 0. The molecule has 284 valence electrons. The molecule has 1 saturated heterocycles. The van der Waals surface area contributed by atoms with Gasteiger partial charge in [0.2, 0.25) is 5.91 Å². The first-order chi connectivity index (χ1) is 24.7. The van der Waals surface area contributed by atoms with Gasteiger partial charge in [0.25, 0.3) is 0 Å². The van der Waals surface area contributed by atoms with Gasteiger partial charge in [-0.25, -0.2) is 9.97 Å². The largest absolute Gasteiger partial charge is 0.496 e. The average molecular weight is 714 g/mol. The number of nitrogen functional groups attached to an aromatic ring is 1. The summed E-state index contributed by atoms with van der Waals surface area (Å²) in [5.41, 5.74) is 17.2. The third-order valence-electron chi connectivity index (χ3n) is 9.49. The SMILES string of the molecule is C=C.C=C(/C=C(\C=C/C(C)CC)C(C)N)CC.COc1cc(C(C)=O)ccc1-c1nc(C2CCCN(C(=O)CN(C)C(C)C)C2)n2ccnc(N)c12. The van der Waals surface area contributed by atoms with E-state index >= 15 is 0 Å². The van der Waals surface area contributed by atoms with Gasteiger partial charge >= 0.3 is 0 Å². The number of rotatable bonds is 13. The minimum atomic E-state index is -0.0403. The van der Waals surface area contributed by atoms with Crippen LogP contribution in [0.1, 0.15) is 96.2 Å². The maximum atomic E-state index is 13.0. The van der Waals surface area contributed by atoms with Gasteiger partial charge in [-0.05, 0) is 77.6 Å². The third kappa shape index (κ3) is 11.7. The molecule has 0 spiro atoms. The molecule has 0 bridgehead atoms. The summed E-state index contributed by atoms with van der Waals surface area (Å²) >= 11 is 0. The van der Waals surface area contributed by atoms with E-state index in [2.05, 4.69) is 82.5 Å². The summed E-state index contributed by atoms with van der Waals surface area (Å²) in [6.07, 6.45) is 14.0. The molecule has 1 aliphatic heterocycles. The maximum Gasteiger partial charge on any atom is 0.236 e. The molecular formula is C42H63N7O3. The second-order valence-electron chi connectivity index (χ2n) is 13.7. The summed E-state index contributed by atoms with van der Waals surface area (Å²) in [4.78, 5) is 38.2. The number of ketones is 1. The zero-order valence-corrected chi connectivity index (χ0v) is 33.1. The van der Waals surface area contributed by atoms with E-state index in [0.29, 0.717) is 53.4 Å². The highest BCUT2D eigenvalue weighted by Crippen LogP contribution is 2.38. The fourth-order valence-corrected chi connectivity index (χ4v) is 5.66. The number of anilines is 1. The Hall–Kier alpha value is -4.54. The van der Waals surface area contributed by atoms with E-state index in [0.717, 1.165) is 49.2 Å². The van der Waals surface area contributed by atoms with Gasteiger partial charge in [0.1, 0.15) is 28.6 Å². The van der Waals surface area contributed by atoms with E-state index in [1.54, 1.807) is 25.4 Å². The van der Waals surface area contributed by atoms with Crippen LogP contribution in [0.4, 0.5) is 5.82 Å². The second-order valence-corrected chi connectivity index (χ2v) is 13.7. The molecule has 3 aromatic rings. The number of aromatic nitrogens is 3. The zero-order valence-electron chi connectivity index (χ0n) is 33.1. The number of nitrogens with zero attached hydrogens (tertiary/aromatic N) is 5. The van der Waals surface area contributed by atoms with Crippen molar-refractivity contribution in [2.75, 3.05) is 39.5 Å². The van der Waals surface area contributed by atoms with Gasteiger partial charge in [0, 0.05) is 54.6 Å². The predicted octanol–water partition coefficient (Wildman–Crippen LogP) is 7.87. The lowest BCUT2D eigenvalue weighted by Crippen LogP contribution is -2.45. The van der Waals surface area contributed by atoms with Crippen molar-refractivity contribution < 1.29 is 14.3 Å². The number of nitrogens with two attached hydrogens (primary N) is 2. The van der Waals surface area contributed by atoms with Crippen LogP contribution in [-0.2, 0) is 4.79 Å². The molecule has 52 heavy (non-hydrogen) atoms. The number of carbonyl (C=O) groups is 2. The number of likely N-dealkylation sites (tertiary alicyclic amines) is 1. The fraction of sp³-hybridized carbons (Fsp3) is 0.476. The Bertz CT molecular complexity index is 1700. The van der Waals surface area contributed by atoms with Crippen molar-refractivity contribution in [3.8, 4) is 17.0 Å². The Morgan fingerprint density at radius 1 is 1.17 bits per heavy atom. The van der Waals surface area contributed by atoms with E-state index in [1.807, 2.05) is 35.5 Å². The Balaban J connectivity index is 0.000000465. The van der Waals surface area contributed by atoms with Crippen molar-refractivity contribution in [3.05, 3.63) is 91.1 Å². The highest BCUT2D eigenvalue weighted by atomic mass is 16.5. The number of Topliss-reactive ketones (excluding diaryl/α,β-unsaturated/α-hetero) is 1. The first kappa shape index (κ1) is 43.6. The molecule has 0 saturated carbocycles. The number of benzene rings is 1. The van der Waals surface area contributed by atoms with Gasteiger partial charge < -0.3 is 21.1 Å². The number of hydrogen-bond donors (Lipinski definition) is 2. The van der Waals surface area contributed by atoms with Crippen LogP contribution in [0.3, 0.4) is 0 Å². The lowest BCUT2D eigenvalue weighted by atomic mass is 9.97. The molecule has 10 nitrogen and oxygen atoms in total. The Labute approximate surface area is 312 Å². The summed E-state index contributed by atoms with van der Waals surface area (Å²) in [7, 11) is 3.54. The number of hydrogen-bond acceptors (Lipinski definition) is 8. The number of methoxy groups -OCH3 is 1. The number of amides is 1. The average Bonchev–Trinajstić information content (AvgIpc) is 3.54. The highest BCUT2D eigenvalue weighted by molar-refractivity contribution is 5.96. The van der Waals surface area contributed by atoms with Crippen LogP contribution in [-0.4, -0.2) is 81.7 Å². The minimum Gasteiger partial charge on any atom is -0.496 e.